The average molecular weight is 394 g/mol. The lowest BCUT2D eigenvalue weighted by Crippen LogP contribution is -2.40. The van der Waals surface area contributed by atoms with Crippen LogP contribution in [0.25, 0.3) is 0 Å². The van der Waals surface area contributed by atoms with Crippen molar-refractivity contribution in [3.8, 4) is 0 Å². The Morgan fingerprint density at radius 2 is 2.04 bits per heavy atom. The van der Waals surface area contributed by atoms with Gasteiger partial charge in [0, 0.05) is 49.0 Å². The Morgan fingerprint density at radius 3 is 2.73 bits per heavy atom. The molecule has 1 aliphatic rings. The van der Waals surface area contributed by atoms with Crippen LogP contribution in [0.3, 0.4) is 0 Å². The minimum atomic E-state index is -0.191. The minimum Gasteiger partial charge on any atom is -0.352 e. The first-order chi connectivity index (χ1) is 12.5. The number of nitrogens with one attached hydrogen (secondary N) is 2. The maximum absolute atomic E-state index is 12.4. The lowest BCUT2D eigenvalue weighted by molar-refractivity contribution is -0.125. The first-order valence-electron chi connectivity index (χ1n) is 8.40. The van der Waals surface area contributed by atoms with Crippen molar-refractivity contribution < 1.29 is 9.59 Å². The molecule has 2 aromatic rings. The second-order valence-electron chi connectivity index (χ2n) is 6.15. The van der Waals surface area contributed by atoms with Crippen molar-refractivity contribution in [2.24, 2.45) is 5.92 Å². The highest BCUT2D eigenvalue weighted by atomic mass is 35.5. The molecule has 2 heterocycles. The number of aromatic nitrogens is 2. The number of amides is 2. The number of carbonyl (C=O) groups is 2. The van der Waals surface area contributed by atoms with E-state index in [-0.39, 0.29) is 17.7 Å². The summed E-state index contributed by atoms with van der Waals surface area (Å²) >= 11 is 7.37. The van der Waals surface area contributed by atoms with Crippen LogP contribution in [0, 0.1) is 5.92 Å². The Labute approximate surface area is 160 Å². The highest BCUT2D eigenvalue weighted by molar-refractivity contribution is 7.09. The number of benzene rings is 1. The normalized spacial score (nSPS) is 14.9. The molecule has 1 aromatic heterocycles. The average Bonchev–Trinajstić information content (AvgIpc) is 3.08. The van der Waals surface area contributed by atoms with Crippen molar-refractivity contribution in [3.63, 3.8) is 0 Å². The molecular weight excluding hydrogens is 374 g/mol. The fraction of sp³-hybridized carbons (Fsp3) is 0.412. The lowest BCUT2D eigenvalue weighted by atomic mass is 9.96. The third kappa shape index (κ3) is 4.70. The molecule has 9 heteroatoms. The Balaban J connectivity index is 1.48. The Bertz CT molecular complexity index is 789. The van der Waals surface area contributed by atoms with E-state index in [1.807, 2.05) is 24.3 Å². The van der Waals surface area contributed by atoms with Gasteiger partial charge in [-0.15, -0.1) is 0 Å². The molecule has 138 valence electrons. The number of carbonyl (C=O) groups excluding carboxylic acids is 2. The topological polar surface area (TPSA) is 87.2 Å². The number of nitrogens with zero attached hydrogens (tertiary/aromatic N) is 3. The molecule has 0 unspecified atom stereocenters. The molecule has 3 rings (SSSR count). The summed E-state index contributed by atoms with van der Waals surface area (Å²) in [6, 6.07) is 7.50. The van der Waals surface area contributed by atoms with Crippen LogP contribution in [-0.4, -0.2) is 34.3 Å². The maximum Gasteiger partial charge on any atom is 0.243 e. The van der Waals surface area contributed by atoms with Crippen LogP contribution >= 0.6 is 23.1 Å². The van der Waals surface area contributed by atoms with Gasteiger partial charge in [-0.05, 0) is 24.5 Å². The Kier molecular flexibility index (Phi) is 6.05. The molecular formula is C17H20ClN5O2S. The SMILES string of the molecule is CC(=O)Nc1nsc(N2CCC(C(=O)NCc3ccccc3Cl)CC2)n1. The first-order valence-corrected chi connectivity index (χ1v) is 9.55. The summed E-state index contributed by atoms with van der Waals surface area (Å²) in [5, 5.41) is 6.98. The van der Waals surface area contributed by atoms with E-state index in [0.717, 1.165) is 36.6 Å². The van der Waals surface area contributed by atoms with E-state index in [0.29, 0.717) is 17.5 Å². The Hall–Kier alpha value is -2.19. The van der Waals surface area contributed by atoms with Gasteiger partial charge >= 0.3 is 0 Å². The van der Waals surface area contributed by atoms with Crippen molar-refractivity contribution in [2.45, 2.75) is 26.3 Å². The van der Waals surface area contributed by atoms with E-state index in [1.54, 1.807) is 0 Å². The van der Waals surface area contributed by atoms with Gasteiger partial charge in [0.05, 0.1) is 0 Å². The zero-order valence-electron chi connectivity index (χ0n) is 14.4. The molecule has 26 heavy (non-hydrogen) atoms. The smallest absolute Gasteiger partial charge is 0.243 e. The molecule has 0 spiro atoms. The van der Waals surface area contributed by atoms with Gasteiger partial charge in [-0.2, -0.15) is 9.36 Å². The molecule has 7 nitrogen and oxygen atoms in total. The predicted molar refractivity (Wildman–Crippen MR) is 102 cm³/mol. The molecule has 0 aliphatic carbocycles. The van der Waals surface area contributed by atoms with Gasteiger partial charge in [-0.3, -0.25) is 14.9 Å². The number of piperidine rings is 1. The summed E-state index contributed by atoms with van der Waals surface area (Å²) in [5.41, 5.74) is 0.916. The van der Waals surface area contributed by atoms with Gasteiger partial charge in [-0.25, -0.2) is 0 Å². The van der Waals surface area contributed by atoms with Crippen molar-refractivity contribution >= 4 is 46.0 Å². The highest BCUT2D eigenvalue weighted by Crippen LogP contribution is 2.26. The summed E-state index contributed by atoms with van der Waals surface area (Å²) in [4.78, 5) is 29.9. The Morgan fingerprint density at radius 1 is 1.31 bits per heavy atom. The van der Waals surface area contributed by atoms with Crippen LogP contribution in [0.4, 0.5) is 11.1 Å². The van der Waals surface area contributed by atoms with E-state index in [4.69, 9.17) is 11.6 Å². The zero-order valence-corrected chi connectivity index (χ0v) is 15.9. The van der Waals surface area contributed by atoms with Crippen LogP contribution in [-0.2, 0) is 16.1 Å². The fourth-order valence-electron chi connectivity index (χ4n) is 2.85. The molecule has 2 N–H and O–H groups in total. The number of rotatable bonds is 5. The second kappa shape index (κ2) is 8.46. The van der Waals surface area contributed by atoms with E-state index >= 15 is 0 Å². The van der Waals surface area contributed by atoms with E-state index in [2.05, 4.69) is 24.9 Å². The summed E-state index contributed by atoms with van der Waals surface area (Å²) < 4.78 is 4.12. The lowest BCUT2D eigenvalue weighted by Gasteiger charge is -2.30. The summed E-state index contributed by atoms with van der Waals surface area (Å²) in [7, 11) is 0. The van der Waals surface area contributed by atoms with Crippen LogP contribution in [0.1, 0.15) is 25.3 Å². The third-order valence-electron chi connectivity index (χ3n) is 4.25. The van der Waals surface area contributed by atoms with Gasteiger partial charge in [-0.1, -0.05) is 29.8 Å². The van der Waals surface area contributed by atoms with E-state index in [9.17, 15) is 9.59 Å². The maximum atomic E-state index is 12.4. The molecule has 2 amide bonds. The monoisotopic (exact) mass is 393 g/mol. The van der Waals surface area contributed by atoms with Crippen LogP contribution in [0.5, 0.6) is 0 Å². The summed E-state index contributed by atoms with van der Waals surface area (Å²) in [6.45, 7) is 3.33. The second-order valence-corrected chi connectivity index (χ2v) is 7.29. The molecule has 0 atom stereocenters. The van der Waals surface area contributed by atoms with Crippen LogP contribution < -0.4 is 15.5 Å². The number of hydrogen-bond donors (Lipinski definition) is 2. The molecule has 1 saturated heterocycles. The van der Waals surface area contributed by atoms with Gasteiger partial charge in [0.1, 0.15) is 0 Å². The van der Waals surface area contributed by atoms with Crippen LogP contribution in [0.2, 0.25) is 5.02 Å². The first kappa shape index (κ1) is 18.6. The largest absolute Gasteiger partial charge is 0.352 e. The minimum absolute atomic E-state index is 0.0172. The predicted octanol–water partition coefficient (Wildman–Crippen LogP) is 2.68. The molecule has 0 saturated carbocycles. The van der Waals surface area contributed by atoms with Crippen molar-refractivity contribution in [3.05, 3.63) is 34.9 Å². The molecule has 1 fully saturated rings. The van der Waals surface area contributed by atoms with Crippen LogP contribution in [0.15, 0.2) is 24.3 Å². The van der Waals surface area contributed by atoms with Gasteiger partial charge in [0.25, 0.3) is 0 Å². The van der Waals surface area contributed by atoms with Gasteiger partial charge < -0.3 is 10.2 Å². The summed E-state index contributed by atoms with van der Waals surface area (Å²) in [5.74, 6) is 0.178. The number of anilines is 2. The molecule has 1 aliphatic heterocycles. The molecule has 1 aromatic carbocycles. The van der Waals surface area contributed by atoms with Crippen molar-refractivity contribution in [1.29, 1.82) is 0 Å². The quantitative estimate of drug-likeness (QED) is 0.815. The molecule has 0 bridgehead atoms. The highest BCUT2D eigenvalue weighted by Gasteiger charge is 2.26. The van der Waals surface area contributed by atoms with Crippen molar-refractivity contribution in [2.75, 3.05) is 23.3 Å². The van der Waals surface area contributed by atoms with Gasteiger partial charge in [0.2, 0.25) is 22.9 Å². The number of hydrogen-bond acceptors (Lipinski definition) is 6. The van der Waals surface area contributed by atoms with Crippen molar-refractivity contribution in [1.82, 2.24) is 14.7 Å². The van der Waals surface area contributed by atoms with E-state index < -0.39 is 0 Å². The third-order valence-corrected chi connectivity index (χ3v) is 5.40. The summed E-state index contributed by atoms with van der Waals surface area (Å²) in [6.07, 6.45) is 1.51. The zero-order chi connectivity index (χ0) is 18.5. The standard InChI is InChI=1S/C17H20ClN5O2S/c1-11(24)20-16-21-17(26-22-16)23-8-6-12(7-9-23)15(25)19-10-13-4-2-3-5-14(13)18/h2-5,12H,6-10H2,1H3,(H,19,25)(H,20,22,24). The number of halogens is 1. The van der Waals surface area contributed by atoms with Gasteiger partial charge in [0.15, 0.2) is 0 Å². The fourth-order valence-corrected chi connectivity index (χ4v) is 3.74. The molecule has 0 radical (unpaired) electrons. The van der Waals surface area contributed by atoms with E-state index in [1.165, 1.54) is 18.5 Å².